The van der Waals surface area contributed by atoms with E-state index < -0.39 is 11.8 Å². The molecule has 2 aromatic rings. The molecule has 1 aromatic heterocycles. The lowest BCUT2D eigenvalue weighted by molar-refractivity contribution is 0.0691. The molecular weight excluding hydrogens is 271 g/mol. The summed E-state index contributed by atoms with van der Waals surface area (Å²) in [5.41, 5.74) is 0.879. The highest BCUT2D eigenvalue weighted by Crippen LogP contribution is 2.30. The molecule has 0 amide bonds. The Morgan fingerprint density at radius 1 is 1.47 bits per heavy atom. The molecule has 0 aliphatic heterocycles. The monoisotopic (exact) mass is 282 g/mol. The summed E-state index contributed by atoms with van der Waals surface area (Å²) in [5, 5.41) is 8.90. The van der Waals surface area contributed by atoms with Crippen molar-refractivity contribution < 1.29 is 14.3 Å². The number of imidazole rings is 1. The average molecular weight is 283 g/mol. The molecule has 0 aliphatic rings. The first kappa shape index (κ1) is 13.5. The van der Waals surface area contributed by atoms with E-state index >= 15 is 0 Å². The normalized spacial score (nSPS) is 11.0. The summed E-state index contributed by atoms with van der Waals surface area (Å²) >= 11 is 5.78. The number of carboxylic acid groups (broad SMARTS) is 1. The third-order valence-electron chi connectivity index (χ3n) is 2.77. The summed E-state index contributed by atoms with van der Waals surface area (Å²) in [4.78, 5) is 14.6. The van der Waals surface area contributed by atoms with Gasteiger partial charge in [0.15, 0.2) is 5.69 Å². The highest BCUT2D eigenvalue weighted by Gasteiger charge is 2.18. The summed E-state index contributed by atoms with van der Waals surface area (Å²) in [6.45, 7) is 3.68. The molecule has 0 radical (unpaired) electrons. The first-order valence-corrected chi connectivity index (χ1v) is 6.05. The molecular formula is C13H12ClFN2O2. The van der Waals surface area contributed by atoms with Crippen LogP contribution in [0.25, 0.3) is 5.69 Å². The third-order valence-corrected chi connectivity index (χ3v) is 3.06. The number of carbonyl (C=O) groups is 1. The number of nitrogens with zero attached hydrogens (tertiary/aromatic N) is 2. The van der Waals surface area contributed by atoms with Gasteiger partial charge in [0.1, 0.15) is 12.1 Å². The van der Waals surface area contributed by atoms with E-state index in [4.69, 9.17) is 16.7 Å². The number of aromatic carboxylic acids is 1. The summed E-state index contributed by atoms with van der Waals surface area (Å²) in [5.74, 6) is -1.71. The van der Waals surface area contributed by atoms with Crippen molar-refractivity contribution in [2.24, 2.45) is 0 Å². The van der Waals surface area contributed by atoms with E-state index in [0.29, 0.717) is 11.3 Å². The Morgan fingerprint density at radius 2 is 2.16 bits per heavy atom. The minimum Gasteiger partial charge on any atom is -0.476 e. The van der Waals surface area contributed by atoms with Crippen molar-refractivity contribution in [2.75, 3.05) is 0 Å². The van der Waals surface area contributed by atoms with Crippen molar-refractivity contribution in [2.45, 2.75) is 19.8 Å². The molecule has 4 nitrogen and oxygen atoms in total. The molecule has 0 bridgehead atoms. The van der Waals surface area contributed by atoms with Crippen LogP contribution in [0.3, 0.4) is 0 Å². The van der Waals surface area contributed by atoms with Crippen LogP contribution in [-0.4, -0.2) is 20.6 Å². The molecule has 2 rings (SSSR count). The number of aromatic nitrogens is 2. The van der Waals surface area contributed by atoms with Crippen LogP contribution in [-0.2, 0) is 0 Å². The Bertz CT molecular complexity index is 638. The summed E-state index contributed by atoms with van der Waals surface area (Å²) in [6, 6.07) is 3.09. The van der Waals surface area contributed by atoms with Crippen molar-refractivity contribution in [1.29, 1.82) is 0 Å². The summed E-state index contributed by atoms with van der Waals surface area (Å²) in [7, 11) is 0. The van der Waals surface area contributed by atoms with Gasteiger partial charge in [0, 0.05) is 11.8 Å². The SMILES string of the molecule is CC(C)c1c(-n2cnc(C(=O)O)c2)ccc(Cl)c1F. The number of halogens is 2. The highest BCUT2D eigenvalue weighted by atomic mass is 35.5. The van der Waals surface area contributed by atoms with Crippen LogP contribution in [0.1, 0.15) is 35.8 Å². The van der Waals surface area contributed by atoms with Gasteiger partial charge in [-0.05, 0) is 18.1 Å². The lowest BCUT2D eigenvalue weighted by Gasteiger charge is -2.15. The molecule has 1 aromatic carbocycles. The lowest BCUT2D eigenvalue weighted by atomic mass is 10.0. The van der Waals surface area contributed by atoms with E-state index in [2.05, 4.69) is 4.98 Å². The van der Waals surface area contributed by atoms with E-state index in [1.807, 2.05) is 13.8 Å². The number of carboxylic acids is 1. The fraction of sp³-hybridized carbons (Fsp3) is 0.231. The summed E-state index contributed by atoms with van der Waals surface area (Å²) < 4.78 is 15.6. The predicted octanol–water partition coefficient (Wildman–Crippen LogP) is 3.49. The van der Waals surface area contributed by atoms with Crippen LogP contribution in [0.4, 0.5) is 4.39 Å². The first-order valence-electron chi connectivity index (χ1n) is 5.67. The van der Waals surface area contributed by atoms with E-state index in [9.17, 15) is 9.18 Å². The largest absolute Gasteiger partial charge is 0.476 e. The van der Waals surface area contributed by atoms with Gasteiger partial charge in [-0.15, -0.1) is 0 Å². The first-order chi connectivity index (χ1) is 8.91. The topological polar surface area (TPSA) is 55.1 Å². The van der Waals surface area contributed by atoms with Crippen molar-refractivity contribution in [3.05, 3.63) is 46.8 Å². The molecule has 1 N–H and O–H groups in total. The second-order valence-electron chi connectivity index (χ2n) is 4.42. The van der Waals surface area contributed by atoms with Gasteiger partial charge in [-0.25, -0.2) is 14.2 Å². The molecule has 0 saturated carbocycles. The molecule has 100 valence electrons. The maximum absolute atomic E-state index is 14.1. The maximum atomic E-state index is 14.1. The maximum Gasteiger partial charge on any atom is 0.356 e. The Morgan fingerprint density at radius 3 is 2.68 bits per heavy atom. The Labute approximate surface area is 114 Å². The Hall–Kier alpha value is -1.88. The average Bonchev–Trinajstić information content (AvgIpc) is 2.81. The number of hydrogen-bond donors (Lipinski definition) is 1. The van der Waals surface area contributed by atoms with E-state index in [1.165, 1.54) is 23.2 Å². The van der Waals surface area contributed by atoms with Crippen LogP contribution >= 0.6 is 11.6 Å². The zero-order valence-electron chi connectivity index (χ0n) is 10.4. The number of hydrogen-bond acceptors (Lipinski definition) is 2. The third kappa shape index (κ3) is 2.46. The van der Waals surface area contributed by atoms with Crippen LogP contribution < -0.4 is 0 Å². The molecule has 0 atom stereocenters. The van der Waals surface area contributed by atoms with Gasteiger partial charge in [-0.2, -0.15) is 0 Å². The van der Waals surface area contributed by atoms with Crippen molar-refractivity contribution >= 4 is 17.6 Å². The van der Waals surface area contributed by atoms with Gasteiger partial charge in [-0.3, -0.25) is 0 Å². The summed E-state index contributed by atoms with van der Waals surface area (Å²) in [6.07, 6.45) is 2.69. The molecule has 0 fully saturated rings. The van der Waals surface area contributed by atoms with Gasteiger partial charge in [0.25, 0.3) is 0 Å². The van der Waals surface area contributed by atoms with Gasteiger partial charge in [0.05, 0.1) is 10.7 Å². The zero-order valence-corrected chi connectivity index (χ0v) is 11.1. The number of rotatable bonds is 3. The van der Waals surface area contributed by atoms with Crippen molar-refractivity contribution in [3.63, 3.8) is 0 Å². The molecule has 0 aliphatic carbocycles. The van der Waals surface area contributed by atoms with Crippen LogP contribution in [0, 0.1) is 5.82 Å². The highest BCUT2D eigenvalue weighted by molar-refractivity contribution is 6.30. The van der Waals surface area contributed by atoms with Crippen LogP contribution in [0.2, 0.25) is 5.02 Å². The predicted molar refractivity (Wildman–Crippen MR) is 69.6 cm³/mol. The molecule has 0 saturated heterocycles. The van der Waals surface area contributed by atoms with Gasteiger partial charge in [-0.1, -0.05) is 25.4 Å². The standard InChI is InChI=1S/C13H12ClFN2O2/c1-7(2)11-10(4-3-8(14)12(11)15)17-5-9(13(18)19)16-6-17/h3-7H,1-2H3,(H,18,19). The Balaban J connectivity index is 2.61. The molecule has 6 heteroatoms. The molecule has 1 heterocycles. The van der Waals surface area contributed by atoms with E-state index in [-0.39, 0.29) is 16.6 Å². The van der Waals surface area contributed by atoms with E-state index in [1.54, 1.807) is 6.07 Å². The van der Waals surface area contributed by atoms with Gasteiger partial charge in [0.2, 0.25) is 0 Å². The molecule has 19 heavy (non-hydrogen) atoms. The van der Waals surface area contributed by atoms with Crippen molar-refractivity contribution in [1.82, 2.24) is 9.55 Å². The van der Waals surface area contributed by atoms with Crippen molar-refractivity contribution in [3.8, 4) is 5.69 Å². The van der Waals surface area contributed by atoms with E-state index in [0.717, 1.165) is 0 Å². The smallest absolute Gasteiger partial charge is 0.356 e. The lowest BCUT2D eigenvalue weighted by Crippen LogP contribution is -2.03. The van der Waals surface area contributed by atoms with Crippen LogP contribution in [0.5, 0.6) is 0 Å². The van der Waals surface area contributed by atoms with Gasteiger partial charge < -0.3 is 9.67 Å². The molecule has 0 unspecified atom stereocenters. The number of benzene rings is 1. The quantitative estimate of drug-likeness (QED) is 0.937. The fourth-order valence-electron chi connectivity index (χ4n) is 1.90. The second kappa shape index (κ2) is 5.01. The Kier molecular flexibility index (Phi) is 3.57. The minimum atomic E-state index is -1.13. The second-order valence-corrected chi connectivity index (χ2v) is 4.83. The zero-order chi connectivity index (χ0) is 14.2. The van der Waals surface area contributed by atoms with Crippen LogP contribution in [0.15, 0.2) is 24.7 Å². The molecule has 0 spiro atoms. The fourth-order valence-corrected chi connectivity index (χ4v) is 2.06. The van der Waals surface area contributed by atoms with Gasteiger partial charge >= 0.3 is 5.97 Å². The minimum absolute atomic E-state index is 0.0472.